The second-order valence-corrected chi connectivity index (χ2v) is 7.42. The van der Waals surface area contributed by atoms with Crippen molar-refractivity contribution in [3.05, 3.63) is 60.2 Å². The monoisotopic (exact) mass is 377 g/mol. The molecule has 26 heavy (non-hydrogen) atoms. The topological polar surface area (TPSA) is 82.1 Å². The highest BCUT2D eigenvalue weighted by atomic mass is 32.2. The molecule has 1 amide bonds. The van der Waals surface area contributed by atoms with E-state index >= 15 is 0 Å². The molecule has 0 bridgehead atoms. The van der Waals surface area contributed by atoms with Gasteiger partial charge in [0.1, 0.15) is 17.6 Å². The predicted octanol–water partition coefficient (Wildman–Crippen LogP) is 2.60. The van der Waals surface area contributed by atoms with Crippen LogP contribution in [0.5, 0.6) is 11.5 Å². The summed E-state index contributed by atoms with van der Waals surface area (Å²) in [5.41, 5.74) is 0.822. The number of amides is 1. The Balaban J connectivity index is 1.63. The number of ether oxygens (including phenoxy) is 2. The average molecular weight is 377 g/mol. The van der Waals surface area contributed by atoms with Gasteiger partial charge in [0, 0.05) is 6.54 Å². The van der Waals surface area contributed by atoms with Crippen molar-refractivity contribution in [3.63, 3.8) is 0 Å². The minimum absolute atomic E-state index is 0.229. The van der Waals surface area contributed by atoms with Crippen LogP contribution in [0, 0.1) is 0 Å². The summed E-state index contributed by atoms with van der Waals surface area (Å²) in [6.45, 7) is 1.17. The molecule has 7 nitrogen and oxygen atoms in total. The van der Waals surface area contributed by atoms with E-state index in [9.17, 15) is 13.2 Å². The van der Waals surface area contributed by atoms with Crippen molar-refractivity contribution < 1.29 is 26.9 Å². The first kappa shape index (κ1) is 18.2. The molecule has 0 saturated carbocycles. The van der Waals surface area contributed by atoms with Gasteiger partial charge < -0.3 is 18.6 Å². The molecule has 2 aromatic carbocycles. The van der Waals surface area contributed by atoms with Crippen molar-refractivity contribution in [3.8, 4) is 11.5 Å². The first-order chi connectivity index (χ1) is 12.4. The lowest BCUT2D eigenvalue weighted by atomic mass is 10.1. The molecule has 3 rings (SSSR count). The number of benzene rings is 2. The van der Waals surface area contributed by atoms with E-state index in [1.807, 2.05) is 6.07 Å². The van der Waals surface area contributed by atoms with Crippen molar-refractivity contribution in [2.24, 2.45) is 0 Å². The van der Waals surface area contributed by atoms with E-state index in [1.165, 1.54) is 0 Å². The molecule has 0 aromatic heterocycles. The summed E-state index contributed by atoms with van der Waals surface area (Å²) in [4.78, 5) is 13.9. The molecule has 0 aliphatic carbocycles. The maximum absolute atomic E-state index is 12.3. The molecular formula is C18H19NO6S. The van der Waals surface area contributed by atoms with Crippen LogP contribution in [0.3, 0.4) is 0 Å². The van der Waals surface area contributed by atoms with Gasteiger partial charge >= 0.3 is 16.2 Å². The van der Waals surface area contributed by atoms with Crippen LogP contribution in [-0.4, -0.2) is 45.4 Å². The molecule has 0 N–H and O–H groups in total. The van der Waals surface area contributed by atoms with E-state index in [1.54, 1.807) is 53.4 Å². The van der Waals surface area contributed by atoms with E-state index in [4.69, 9.17) is 13.7 Å². The third-order valence-corrected chi connectivity index (χ3v) is 4.27. The predicted molar refractivity (Wildman–Crippen MR) is 94.6 cm³/mol. The molecule has 2 aromatic rings. The Bertz CT molecular complexity index is 851. The molecule has 1 atom stereocenters. The average Bonchev–Trinajstić information content (AvgIpc) is 2.62. The Morgan fingerprint density at radius 3 is 2.42 bits per heavy atom. The number of morpholine rings is 1. The maximum Gasteiger partial charge on any atom is 0.415 e. The van der Waals surface area contributed by atoms with Gasteiger partial charge in [0.15, 0.2) is 0 Å². The first-order valence-electron chi connectivity index (χ1n) is 8.03. The maximum atomic E-state index is 12.3. The van der Waals surface area contributed by atoms with Gasteiger partial charge in [0.2, 0.25) is 0 Å². The number of hydrogen-bond acceptors (Lipinski definition) is 6. The summed E-state index contributed by atoms with van der Waals surface area (Å²) in [5, 5.41) is 0. The zero-order valence-electron chi connectivity index (χ0n) is 14.2. The van der Waals surface area contributed by atoms with Crippen molar-refractivity contribution in [1.29, 1.82) is 0 Å². The Labute approximate surface area is 152 Å². The third kappa shape index (κ3) is 4.96. The quantitative estimate of drug-likeness (QED) is 0.762. The van der Waals surface area contributed by atoms with Gasteiger partial charge in [0.25, 0.3) is 0 Å². The van der Waals surface area contributed by atoms with Crippen molar-refractivity contribution in [2.45, 2.75) is 6.10 Å². The molecule has 138 valence electrons. The van der Waals surface area contributed by atoms with E-state index < -0.39 is 16.2 Å². The van der Waals surface area contributed by atoms with Gasteiger partial charge in [-0.15, -0.1) is 0 Å². The highest BCUT2D eigenvalue weighted by molar-refractivity contribution is 7.86. The Hall–Kier alpha value is -2.58. The van der Waals surface area contributed by atoms with Crippen LogP contribution in [0.1, 0.15) is 11.7 Å². The van der Waals surface area contributed by atoms with Crippen LogP contribution >= 0.6 is 0 Å². The zero-order chi connectivity index (χ0) is 18.6. The fourth-order valence-electron chi connectivity index (χ4n) is 2.58. The molecule has 1 saturated heterocycles. The van der Waals surface area contributed by atoms with Crippen LogP contribution < -0.4 is 8.92 Å². The molecule has 1 heterocycles. The molecule has 1 fully saturated rings. The standard InChI is InChI=1S/C18H19NO6S/c1-26(21,22)25-16-9-7-14(8-10-16)17-13-19(11-12-23-17)18(20)24-15-5-3-2-4-6-15/h2-10,17H,11-13H2,1H3/t17-/m0/s1. The minimum Gasteiger partial charge on any atom is -0.410 e. The third-order valence-electron chi connectivity index (χ3n) is 3.77. The Kier molecular flexibility index (Phi) is 5.43. The second-order valence-electron chi connectivity index (χ2n) is 5.84. The first-order valence-corrected chi connectivity index (χ1v) is 9.85. The summed E-state index contributed by atoms with van der Waals surface area (Å²) >= 11 is 0. The van der Waals surface area contributed by atoms with Crippen molar-refractivity contribution >= 4 is 16.2 Å². The fourth-order valence-corrected chi connectivity index (χ4v) is 3.04. The van der Waals surface area contributed by atoms with Gasteiger partial charge in [-0.05, 0) is 29.8 Å². The molecule has 0 spiro atoms. The molecular weight excluding hydrogens is 358 g/mol. The zero-order valence-corrected chi connectivity index (χ0v) is 15.0. The summed E-state index contributed by atoms with van der Waals surface area (Å²) in [6, 6.07) is 15.4. The van der Waals surface area contributed by atoms with Gasteiger partial charge in [0.05, 0.1) is 19.4 Å². The van der Waals surface area contributed by atoms with Gasteiger partial charge in [-0.25, -0.2) is 4.79 Å². The summed E-state index contributed by atoms with van der Waals surface area (Å²) in [7, 11) is -3.57. The number of rotatable bonds is 4. The van der Waals surface area contributed by atoms with Crippen LogP contribution in [0.2, 0.25) is 0 Å². The summed E-state index contributed by atoms with van der Waals surface area (Å²) in [5.74, 6) is 0.718. The van der Waals surface area contributed by atoms with Gasteiger partial charge in [-0.2, -0.15) is 8.42 Å². The number of hydrogen-bond donors (Lipinski definition) is 0. The lowest BCUT2D eigenvalue weighted by Gasteiger charge is -2.32. The molecule has 8 heteroatoms. The van der Waals surface area contributed by atoms with Gasteiger partial charge in [-0.1, -0.05) is 30.3 Å². The second kappa shape index (κ2) is 7.76. The molecule has 1 aliphatic heterocycles. The van der Waals surface area contributed by atoms with Crippen molar-refractivity contribution in [2.75, 3.05) is 26.0 Å². The highest BCUT2D eigenvalue weighted by Gasteiger charge is 2.26. The Morgan fingerprint density at radius 2 is 1.77 bits per heavy atom. The lowest BCUT2D eigenvalue weighted by Crippen LogP contribution is -2.43. The Morgan fingerprint density at radius 1 is 1.08 bits per heavy atom. The number of para-hydroxylation sites is 1. The lowest BCUT2D eigenvalue weighted by molar-refractivity contribution is -0.0218. The normalized spacial score (nSPS) is 17.6. The molecule has 1 aliphatic rings. The van der Waals surface area contributed by atoms with Gasteiger partial charge in [-0.3, -0.25) is 0 Å². The highest BCUT2D eigenvalue weighted by Crippen LogP contribution is 2.25. The van der Waals surface area contributed by atoms with E-state index in [0.29, 0.717) is 25.4 Å². The number of nitrogens with zero attached hydrogens (tertiary/aromatic N) is 1. The summed E-state index contributed by atoms with van der Waals surface area (Å²) < 4.78 is 38.2. The molecule has 0 unspecified atom stereocenters. The number of carbonyl (C=O) groups excluding carboxylic acids is 1. The minimum atomic E-state index is -3.57. The summed E-state index contributed by atoms with van der Waals surface area (Å²) in [6.07, 6.45) is 0.238. The SMILES string of the molecule is CS(=O)(=O)Oc1ccc([C@@H]2CN(C(=O)Oc3ccccc3)CCO2)cc1. The fraction of sp³-hybridized carbons (Fsp3) is 0.278. The van der Waals surface area contributed by atoms with Crippen LogP contribution in [0.25, 0.3) is 0 Å². The van der Waals surface area contributed by atoms with Crippen LogP contribution in [0.15, 0.2) is 54.6 Å². The van der Waals surface area contributed by atoms with Crippen LogP contribution in [0.4, 0.5) is 4.79 Å². The van der Waals surface area contributed by atoms with E-state index in [0.717, 1.165) is 11.8 Å². The number of carbonyl (C=O) groups is 1. The van der Waals surface area contributed by atoms with E-state index in [-0.39, 0.29) is 11.9 Å². The van der Waals surface area contributed by atoms with E-state index in [2.05, 4.69) is 0 Å². The smallest absolute Gasteiger partial charge is 0.410 e. The molecule has 0 radical (unpaired) electrons. The van der Waals surface area contributed by atoms with Crippen molar-refractivity contribution in [1.82, 2.24) is 4.90 Å². The van der Waals surface area contributed by atoms with Crippen LogP contribution in [-0.2, 0) is 14.9 Å². The largest absolute Gasteiger partial charge is 0.415 e.